The summed E-state index contributed by atoms with van der Waals surface area (Å²) in [5, 5.41) is 0. The standard InChI is InChI=1S/C18H22N2O3S/c1-14(15-9-11-19-12-10-15)23-20-18(21)4-3-13-24-17-7-5-16(22-2)6-8-17/h5-12,14H,3-4,13H2,1-2H3,(H,20,21)/t14-/m0/s1. The number of pyridine rings is 1. The zero-order valence-corrected chi connectivity index (χ0v) is 14.7. The number of methoxy groups -OCH3 is 1. The molecule has 0 fully saturated rings. The van der Waals surface area contributed by atoms with Gasteiger partial charge in [-0.2, -0.15) is 0 Å². The third-order valence-electron chi connectivity index (χ3n) is 3.40. The maximum Gasteiger partial charge on any atom is 0.243 e. The lowest BCUT2D eigenvalue weighted by molar-refractivity contribution is -0.138. The summed E-state index contributed by atoms with van der Waals surface area (Å²) in [6.07, 6.45) is 4.42. The summed E-state index contributed by atoms with van der Waals surface area (Å²) in [6.45, 7) is 1.88. The fraction of sp³-hybridized carbons (Fsp3) is 0.333. The number of nitrogens with zero attached hydrogens (tertiary/aromatic N) is 1. The maximum atomic E-state index is 11.8. The van der Waals surface area contributed by atoms with Gasteiger partial charge in [-0.1, -0.05) is 0 Å². The average molecular weight is 346 g/mol. The molecule has 0 radical (unpaired) electrons. The molecule has 5 nitrogen and oxygen atoms in total. The second-order valence-corrected chi connectivity index (χ2v) is 6.36. The van der Waals surface area contributed by atoms with Crippen molar-refractivity contribution in [3.8, 4) is 5.75 Å². The van der Waals surface area contributed by atoms with E-state index in [0.717, 1.165) is 23.5 Å². The van der Waals surface area contributed by atoms with Gasteiger partial charge in [0.05, 0.1) is 7.11 Å². The van der Waals surface area contributed by atoms with Crippen LogP contribution in [0.25, 0.3) is 0 Å². The van der Waals surface area contributed by atoms with Crippen LogP contribution < -0.4 is 10.2 Å². The lowest BCUT2D eigenvalue weighted by atomic mass is 10.2. The van der Waals surface area contributed by atoms with Crippen LogP contribution in [0.2, 0.25) is 0 Å². The minimum Gasteiger partial charge on any atom is -0.497 e. The van der Waals surface area contributed by atoms with E-state index in [9.17, 15) is 4.79 Å². The molecule has 0 unspecified atom stereocenters. The maximum absolute atomic E-state index is 11.8. The van der Waals surface area contributed by atoms with Crippen molar-refractivity contribution in [3.63, 3.8) is 0 Å². The smallest absolute Gasteiger partial charge is 0.243 e. The van der Waals surface area contributed by atoms with Gasteiger partial charge in [0, 0.05) is 23.7 Å². The van der Waals surface area contributed by atoms with Crippen molar-refractivity contribution in [2.75, 3.05) is 12.9 Å². The third kappa shape index (κ3) is 6.22. The zero-order chi connectivity index (χ0) is 17.2. The van der Waals surface area contributed by atoms with E-state index in [1.54, 1.807) is 31.3 Å². The molecular weight excluding hydrogens is 324 g/mol. The number of carbonyl (C=O) groups is 1. The highest BCUT2D eigenvalue weighted by Gasteiger charge is 2.08. The number of hydrogen-bond acceptors (Lipinski definition) is 5. The highest BCUT2D eigenvalue weighted by atomic mass is 32.2. The van der Waals surface area contributed by atoms with E-state index in [4.69, 9.17) is 9.57 Å². The largest absolute Gasteiger partial charge is 0.497 e. The molecule has 0 saturated carbocycles. The van der Waals surface area contributed by atoms with Crippen LogP contribution in [-0.2, 0) is 9.63 Å². The fourth-order valence-corrected chi connectivity index (χ4v) is 2.86. The van der Waals surface area contributed by atoms with E-state index in [1.807, 2.05) is 43.3 Å². The first-order valence-electron chi connectivity index (χ1n) is 7.80. The second-order valence-electron chi connectivity index (χ2n) is 5.19. The molecule has 2 aromatic rings. The average Bonchev–Trinajstić information content (AvgIpc) is 2.64. The van der Waals surface area contributed by atoms with Crippen molar-refractivity contribution in [1.82, 2.24) is 10.5 Å². The van der Waals surface area contributed by atoms with Crippen molar-refractivity contribution in [2.24, 2.45) is 0 Å². The Morgan fingerprint density at radius 2 is 1.92 bits per heavy atom. The summed E-state index contributed by atoms with van der Waals surface area (Å²) in [5.74, 6) is 1.62. The Balaban J connectivity index is 1.61. The summed E-state index contributed by atoms with van der Waals surface area (Å²) >= 11 is 1.72. The van der Waals surface area contributed by atoms with E-state index in [-0.39, 0.29) is 12.0 Å². The number of aromatic nitrogens is 1. The van der Waals surface area contributed by atoms with E-state index >= 15 is 0 Å². The first-order valence-corrected chi connectivity index (χ1v) is 8.79. The molecule has 6 heteroatoms. The van der Waals surface area contributed by atoms with Crippen molar-refractivity contribution in [2.45, 2.75) is 30.8 Å². The third-order valence-corrected chi connectivity index (χ3v) is 4.50. The van der Waals surface area contributed by atoms with Crippen LogP contribution in [0.1, 0.15) is 31.4 Å². The SMILES string of the molecule is COc1ccc(SCCCC(=O)NO[C@@H](C)c2ccncc2)cc1. The molecule has 1 amide bonds. The van der Waals surface area contributed by atoms with Gasteiger partial charge in [0.15, 0.2) is 0 Å². The van der Waals surface area contributed by atoms with Crippen LogP contribution in [0.15, 0.2) is 53.7 Å². The van der Waals surface area contributed by atoms with Crippen LogP contribution in [-0.4, -0.2) is 23.8 Å². The van der Waals surface area contributed by atoms with Gasteiger partial charge < -0.3 is 4.74 Å². The molecule has 1 N–H and O–H groups in total. The molecule has 0 aliphatic heterocycles. The van der Waals surface area contributed by atoms with Crippen LogP contribution >= 0.6 is 11.8 Å². The molecule has 0 bridgehead atoms. The van der Waals surface area contributed by atoms with Gasteiger partial charge in [-0.25, -0.2) is 5.48 Å². The molecule has 128 valence electrons. The van der Waals surface area contributed by atoms with E-state index in [1.165, 1.54) is 4.90 Å². The molecule has 1 aromatic heterocycles. The molecule has 2 rings (SSSR count). The van der Waals surface area contributed by atoms with Crippen LogP contribution in [0.4, 0.5) is 0 Å². The Hall–Kier alpha value is -2.05. The minimum atomic E-state index is -0.203. The van der Waals surface area contributed by atoms with Crippen LogP contribution in [0.5, 0.6) is 5.75 Å². The van der Waals surface area contributed by atoms with Crippen molar-refractivity contribution in [1.29, 1.82) is 0 Å². The van der Waals surface area contributed by atoms with Gasteiger partial charge in [-0.05, 0) is 61.1 Å². The zero-order valence-electron chi connectivity index (χ0n) is 13.9. The van der Waals surface area contributed by atoms with Crippen molar-refractivity contribution in [3.05, 3.63) is 54.4 Å². The predicted molar refractivity (Wildman–Crippen MR) is 94.8 cm³/mol. The predicted octanol–water partition coefficient (Wildman–Crippen LogP) is 3.77. The highest BCUT2D eigenvalue weighted by Crippen LogP contribution is 2.22. The molecule has 24 heavy (non-hydrogen) atoms. The highest BCUT2D eigenvalue weighted by molar-refractivity contribution is 7.99. The van der Waals surface area contributed by atoms with Gasteiger partial charge in [-0.15, -0.1) is 11.8 Å². The van der Waals surface area contributed by atoms with E-state index < -0.39 is 0 Å². The molecule has 0 aliphatic rings. The number of benzene rings is 1. The summed E-state index contributed by atoms with van der Waals surface area (Å²) in [5.41, 5.74) is 3.48. The van der Waals surface area contributed by atoms with Crippen molar-refractivity contribution < 1.29 is 14.4 Å². The van der Waals surface area contributed by atoms with Gasteiger partial charge in [0.2, 0.25) is 5.91 Å². The topological polar surface area (TPSA) is 60.5 Å². The quantitative estimate of drug-likeness (QED) is 0.425. The van der Waals surface area contributed by atoms with Crippen LogP contribution in [0.3, 0.4) is 0 Å². The van der Waals surface area contributed by atoms with Crippen molar-refractivity contribution >= 4 is 17.7 Å². The fourth-order valence-electron chi connectivity index (χ4n) is 2.00. The van der Waals surface area contributed by atoms with Gasteiger partial charge >= 0.3 is 0 Å². The monoisotopic (exact) mass is 346 g/mol. The minimum absolute atomic E-state index is 0.105. The van der Waals surface area contributed by atoms with Gasteiger partial charge in [0.25, 0.3) is 0 Å². The molecular formula is C18H22N2O3S. The number of rotatable bonds is 9. The summed E-state index contributed by atoms with van der Waals surface area (Å²) in [6, 6.07) is 11.6. The lowest BCUT2D eigenvalue weighted by Crippen LogP contribution is -2.25. The molecule has 1 heterocycles. The Kier molecular flexibility index (Phi) is 7.58. The lowest BCUT2D eigenvalue weighted by Gasteiger charge is -2.13. The Bertz CT molecular complexity index is 620. The Morgan fingerprint density at radius 3 is 2.58 bits per heavy atom. The number of nitrogens with one attached hydrogen (secondary N) is 1. The number of carbonyl (C=O) groups excluding carboxylic acids is 1. The van der Waals surface area contributed by atoms with Crippen LogP contribution in [0, 0.1) is 0 Å². The number of ether oxygens (including phenoxy) is 1. The van der Waals surface area contributed by atoms with Gasteiger partial charge in [0.1, 0.15) is 11.9 Å². The number of hydrogen-bond donors (Lipinski definition) is 1. The molecule has 0 spiro atoms. The summed E-state index contributed by atoms with van der Waals surface area (Å²) < 4.78 is 5.12. The Morgan fingerprint density at radius 1 is 1.21 bits per heavy atom. The number of hydroxylamine groups is 1. The Labute approximate surface area is 146 Å². The summed E-state index contributed by atoms with van der Waals surface area (Å²) in [4.78, 5) is 22.3. The molecule has 0 saturated heterocycles. The first-order chi connectivity index (χ1) is 11.7. The van der Waals surface area contributed by atoms with Gasteiger partial charge in [-0.3, -0.25) is 14.6 Å². The molecule has 0 aliphatic carbocycles. The number of amides is 1. The van der Waals surface area contributed by atoms with E-state index in [2.05, 4.69) is 10.5 Å². The first kappa shape index (κ1) is 18.3. The molecule has 1 aromatic carbocycles. The van der Waals surface area contributed by atoms with E-state index in [0.29, 0.717) is 6.42 Å². The summed E-state index contributed by atoms with van der Waals surface area (Å²) in [7, 11) is 1.65. The number of thioether (sulfide) groups is 1. The molecule has 1 atom stereocenters. The normalized spacial score (nSPS) is 11.8. The second kappa shape index (κ2) is 9.95.